The van der Waals surface area contributed by atoms with Crippen molar-refractivity contribution in [3.05, 3.63) is 23.8 Å². The topological polar surface area (TPSA) is 47.7 Å². The van der Waals surface area contributed by atoms with Crippen LogP contribution in [0.4, 0.5) is 0 Å². The molecule has 0 spiro atoms. The Labute approximate surface area is 128 Å². The van der Waals surface area contributed by atoms with Crippen molar-refractivity contribution in [2.24, 2.45) is 5.73 Å². The first-order valence-electron chi connectivity index (χ1n) is 8.04. The number of nitrogens with zero attached hydrogens (tertiary/aromatic N) is 1. The normalized spacial score (nSPS) is 17.3. The van der Waals surface area contributed by atoms with E-state index in [4.69, 9.17) is 15.2 Å². The third-order valence-electron chi connectivity index (χ3n) is 3.86. The minimum Gasteiger partial charge on any atom is -0.490 e. The van der Waals surface area contributed by atoms with Crippen molar-refractivity contribution in [2.45, 2.75) is 45.7 Å². The maximum Gasteiger partial charge on any atom is 0.161 e. The molecule has 0 aliphatic carbocycles. The van der Waals surface area contributed by atoms with Crippen LogP contribution in [0.15, 0.2) is 18.2 Å². The van der Waals surface area contributed by atoms with Crippen molar-refractivity contribution in [1.82, 2.24) is 4.90 Å². The predicted molar refractivity (Wildman–Crippen MR) is 86.0 cm³/mol. The van der Waals surface area contributed by atoms with Crippen LogP contribution in [0.2, 0.25) is 0 Å². The van der Waals surface area contributed by atoms with Gasteiger partial charge in [-0.2, -0.15) is 0 Å². The molecule has 1 unspecified atom stereocenters. The minimum atomic E-state index is 0.329. The van der Waals surface area contributed by atoms with E-state index in [1.807, 2.05) is 6.07 Å². The first kappa shape index (κ1) is 16.1. The lowest BCUT2D eigenvalue weighted by Crippen LogP contribution is -2.56. The first-order valence-corrected chi connectivity index (χ1v) is 8.04. The molecule has 21 heavy (non-hydrogen) atoms. The van der Waals surface area contributed by atoms with Gasteiger partial charge in [-0.15, -0.1) is 0 Å². The van der Waals surface area contributed by atoms with Crippen molar-refractivity contribution < 1.29 is 9.47 Å². The third kappa shape index (κ3) is 4.11. The van der Waals surface area contributed by atoms with Crippen molar-refractivity contribution in [2.75, 3.05) is 26.3 Å². The van der Waals surface area contributed by atoms with Gasteiger partial charge in [0.05, 0.1) is 13.2 Å². The number of benzene rings is 1. The van der Waals surface area contributed by atoms with Crippen molar-refractivity contribution >= 4 is 0 Å². The van der Waals surface area contributed by atoms with E-state index in [1.54, 1.807) is 0 Å². The van der Waals surface area contributed by atoms with Gasteiger partial charge in [0.25, 0.3) is 0 Å². The predicted octanol–water partition coefficient (Wildman–Crippen LogP) is 2.97. The molecule has 0 radical (unpaired) electrons. The van der Waals surface area contributed by atoms with E-state index in [1.165, 1.54) is 5.56 Å². The highest BCUT2D eigenvalue weighted by molar-refractivity contribution is 5.44. The Hall–Kier alpha value is -1.26. The molecule has 118 valence electrons. The van der Waals surface area contributed by atoms with E-state index in [0.29, 0.717) is 12.1 Å². The van der Waals surface area contributed by atoms with Crippen LogP contribution in [0, 0.1) is 0 Å². The number of hydrogen-bond donors (Lipinski definition) is 1. The van der Waals surface area contributed by atoms with Crippen LogP contribution in [-0.2, 0) is 0 Å². The van der Waals surface area contributed by atoms with Gasteiger partial charge >= 0.3 is 0 Å². The fourth-order valence-corrected chi connectivity index (χ4v) is 2.52. The molecule has 0 aromatic heterocycles. The molecule has 2 rings (SSSR count). The lowest BCUT2D eigenvalue weighted by Gasteiger charge is -2.41. The zero-order chi connectivity index (χ0) is 15.2. The minimum absolute atomic E-state index is 0.329. The summed E-state index contributed by atoms with van der Waals surface area (Å²) in [4.78, 5) is 2.39. The van der Waals surface area contributed by atoms with E-state index < -0.39 is 0 Å². The second kappa shape index (κ2) is 7.66. The van der Waals surface area contributed by atoms with Crippen LogP contribution in [0.3, 0.4) is 0 Å². The van der Waals surface area contributed by atoms with Crippen LogP contribution >= 0.6 is 0 Å². The Bertz CT molecular complexity index is 444. The molecule has 1 aromatic carbocycles. The zero-order valence-corrected chi connectivity index (χ0v) is 13.5. The van der Waals surface area contributed by atoms with Crippen LogP contribution in [-0.4, -0.2) is 37.2 Å². The van der Waals surface area contributed by atoms with Gasteiger partial charge in [-0.25, -0.2) is 0 Å². The molecular weight excluding hydrogens is 264 g/mol. The number of rotatable bonds is 8. The van der Waals surface area contributed by atoms with E-state index in [-0.39, 0.29) is 0 Å². The smallest absolute Gasteiger partial charge is 0.161 e. The van der Waals surface area contributed by atoms with Gasteiger partial charge in [0, 0.05) is 25.2 Å². The molecule has 4 heteroatoms. The molecular formula is C17H28N2O2. The van der Waals surface area contributed by atoms with E-state index in [2.05, 4.69) is 37.8 Å². The van der Waals surface area contributed by atoms with Crippen LogP contribution in [0.1, 0.15) is 45.2 Å². The molecule has 4 nitrogen and oxygen atoms in total. The number of nitrogens with two attached hydrogens (primary N) is 1. The number of hydrogen-bond acceptors (Lipinski definition) is 4. The maximum absolute atomic E-state index is 5.87. The average Bonchev–Trinajstić information content (AvgIpc) is 2.47. The van der Waals surface area contributed by atoms with Gasteiger partial charge in [0.1, 0.15) is 0 Å². The Morgan fingerprint density at radius 3 is 2.33 bits per heavy atom. The molecule has 1 aliphatic heterocycles. The number of likely N-dealkylation sites (tertiary alicyclic amines) is 1. The molecule has 2 N–H and O–H groups in total. The maximum atomic E-state index is 5.87. The fourth-order valence-electron chi connectivity index (χ4n) is 2.52. The fraction of sp³-hybridized carbons (Fsp3) is 0.647. The van der Waals surface area contributed by atoms with Gasteiger partial charge in [0.15, 0.2) is 11.5 Å². The monoisotopic (exact) mass is 292 g/mol. The SMILES string of the molecule is CCCOc1ccc(C(C)N2CC(N)C2)cc1OCCC. The molecule has 1 heterocycles. The van der Waals surface area contributed by atoms with Crippen molar-refractivity contribution in [1.29, 1.82) is 0 Å². The molecule has 0 amide bonds. The first-order chi connectivity index (χ1) is 10.2. The highest BCUT2D eigenvalue weighted by Crippen LogP contribution is 2.33. The molecule has 1 aromatic rings. The molecule has 1 fully saturated rings. The van der Waals surface area contributed by atoms with E-state index >= 15 is 0 Å². The molecule has 1 saturated heterocycles. The summed E-state index contributed by atoms with van der Waals surface area (Å²) in [7, 11) is 0. The van der Waals surface area contributed by atoms with Gasteiger partial charge in [-0.05, 0) is 37.5 Å². The molecule has 0 saturated carbocycles. The lowest BCUT2D eigenvalue weighted by atomic mass is 10.0. The Morgan fingerprint density at radius 1 is 1.14 bits per heavy atom. The van der Waals surface area contributed by atoms with Crippen LogP contribution in [0.5, 0.6) is 11.5 Å². The zero-order valence-electron chi connectivity index (χ0n) is 13.5. The van der Waals surface area contributed by atoms with E-state index in [0.717, 1.165) is 50.6 Å². The largest absolute Gasteiger partial charge is 0.490 e. The van der Waals surface area contributed by atoms with Gasteiger partial charge in [-0.1, -0.05) is 19.9 Å². The highest BCUT2D eigenvalue weighted by Gasteiger charge is 2.28. The van der Waals surface area contributed by atoms with Crippen molar-refractivity contribution in [3.63, 3.8) is 0 Å². The Morgan fingerprint density at radius 2 is 1.76 bits per heavy atom. The molecule has 1 aliphatic rings. The van der Waals surface area contributed by atoms with Crippen LogP contribution in [0.25, 0.3) is 0 Å². The summed E-state index contributed by atoms with van der Waals surface area (Å²) in [6, 6.07) is 6.99. The number of ether oxygens (including phenoxy) is 2. The summed E-state index contributed by atoms with van der Waals surface area (Å²) < 4.78 is 11.6. The third-order valence-corrected chi connectivity index (χ3v) is 3.86. The molecule has 1 atom stereocenters. The quantitative estimate of drug-likeness (QED) is 0.800. The Balaban J connectivity index is 2.11. The Kier molecular flexibility index (Phi) is 5.88. The summed E-state index contributed by atoms with van der Waals surface area (Å²) in [6.45, 7) is 9.82. The summed E-state index contributed by atoms with van der Waals surface area (Å²) in [6.07, 6.45) is 1.99. The second-order valence-electron chi connectivity index (χ2n) is 5.79. The summed E-state index contributed by atoms with van der Waals surface area (Å²) in [5.41, 5.74) is 7.13. The standard InChI is InChI=1S/C17H28N2O2/c1-4-8-20-16-7-6-14(10-17(16)21-9-5-2)13(3)19-11-15(18)12-19/h6-7,10,13,15H,4-5,8-9,11-12,18H2,1-3H3. The summed E-state index contributed by atoms with van der Waals surface area (Å²) in [5.74, 6) is 1.71. The van der Waals surface area contributed by atoms with Gasteiger partial charge < -0.3 is 15.2 Å². The van der Waals surface area contributed by atoms with Gasteiger partial charge in [-0.3, -0.25) is 4.90 Å². The van der Waals surface area contributed by atoms with Crippen LogP contribution < -0.4 is 15.2 Å². The highest BCUT2D eigenvalue weighted by atomic mass is 16.5. The summed E-state index contributed by atoms with van der Waals surface area (Å²) >= 11 is 0. The van der Waals surface area contributed by atoms with Gasteiger partial charge in [0.2, 0.25) is 0 Å². The van der Waals surface area contributed by atoms with E-state index in [9.17, 15) is 0 Å². The van der Waals surface area contributed by atoms with Crippen molar-refractivity contribution in [3.8, 4) is 11.5 Å². The summed E-state index contributed by atoms with van der Waals surface area (Å²) in [5, 5.41) is 0. The average molecular weight is 292 g/mol. The lowest BCUT2D eigenvalue weighted by molar-refractivity contribution is 0.103. The second-order valence-corrected chi connectivity index (χ2v) is 5.79. The molecule has 0 bridgehead atoms.